The van der Waals surface area contributed by atoms with Crippen LogP contribution < -0.4 is 0 Å². The van der Waals surface area contributed by atoms with E-state index in [2.05, 4.69) is 45.1 Å². The molecule has 0 radical (unpaired) electrons. The first-order valence-corrected chi connectivity index (χ1v) is 8.10. The van der Waals surface area contributed by atoms with Gasteiger partial charge in [0.1, 0.15) is 0 Å². The topological polar surface area (TPSA) is 30.2 Å². The summed E-state index contributed by atoms with van der Waals surface area (Å²) in [5, 5.41) is 4.49. The molecule has 18 heavy (non-hydrogen) atoms. The number of hydrogen-bond acceptors (Lipinski definition) is 4. The van der Waals surface area contributed by atoms with E-state index in [1.807, 2.05) is 22.8 Å². The Bertz CT molecular complexity index is 658. The van der Waals surface area contributed by atoms with Crippen LogP contribution in [-0.4, -0.2) is 20.4 Å². The Balaban J connectivity index is 2.01. The quantitative estimate of drug-likeness (QED) is 0.665. The van der Waals surface area contributed by atoms with E-state index < -0.39 is 0 Å². The molecule has 0 saturated heterocycles. The lowest BCUT2D eigenvalue weighted by atomic mass is 10.2. The van der Waals surface area contributed by atoms with Crippen LogP contribution in [0.5, 0.6) is 0 Å². The molecule has 2 aromatic heterocycles. The maximum atomic E-state index is 4.61. The monoisotopic (exact) mass is 339 g/mol. The summed E-state index contributed by atoms with van der Waals surface area (Å²) in [4.78, 5) is 5.56. The highest BCUT2D eigenvalue weighted by molar-refractivity contribution is 9.10. The van der Waals surface area contributed by atoms with Crippen LogP contribution in [0.2, 0.25) is 0 Å². The molecule has 0 unspecified atom stereocenters. The molecule has 0 saturated carbocycles. The highest BCUT2D eigenvalue weighted by Crippen LogP contribution is 2.28. The molecule has 0 atom stereocenters. The fourth-order valence-electron chi connectivity index (χ4n) is 1.65. The molecule has 0 aliphatic carbocycles. The van der Waals surface area contributed by atoms with E-state index in [0.29, 0.717) is 0 Å². The SMILES string of the molecule is CCSc1nn2cc(-c3cccc(Br)c3)nc2s1. The molecule has 92 valence electrons. The summed E-state index contributed by atoms with van der Waals surface area (Å²) >= 11 is 6.86. The van der Waals surface area contributed by atoms with E-state index in [0.717, 1.165) is 30.8 Å². The van der Waals surface area contributed by atoms with E-state index in [1.54, 1.807) is 23.1 Å². The summed E-state index contributed by atoms with van der Waals surface area (Å²) in [6.45, 7) is 2.13. The van der Waals surface area contributed by atoms with Crippen LogP contribution in [0.25, 0.3) is 16.2 Å². The van der Waals surface area contributed by atoms with Crippen molar-refractivity contribution in [1.82, 2.24) is 14.6 Å². The van der Waals surface area contributed by atoms with Gasteiger partial charge in [0.25, 0.3) is 0 Å². The van der Waals surface area contributed by atoms with E-state index in [1.165, 1.54) is 0 Å². The van der Waals surface area contributed by atoms with Gasteiger partial charge in [-0.2, -0.15) is 0 Å². The molecule has 0 aliphatic heterocycles. The third-order valence-corrected chi connectivity index (χ3v) is 4.84. The van der Waals surface area contributed by atoms with Crippen molar-refractivity contribution >= 4 is 44.0 Å². The summed E-state index contributed by atoms with van der Waals surface area (Å²) in [6, 6.07) is 8.14. The standard InChI is InChI=1S/C12H10BrN3S2/c1-2-17-12-15-16-7-10(14-11(16)18-12)8-4-3-5-9(13)6-8/h3-7H,2H2,1H3. The van der Waals surface area contributed by atoms with Crippen molar-refractivity contribution in [1.29, 1.82) is 0 Å². The van der Waals surface area contributed by atoms with Crippen LogP contribution in [0.3, 0.4) is 0 Å². The van der Waals surface area contributed by atoms with Crippen molar-refractivity contribution in [2.45, 2.75) is 11.3 Å². The Morgan fingerprint density at radius 2 is 2.33 bits per heavy atom. The first kappa shape index (κ1) is 12.2. The normalized spacial score (nSPS) is 11.2. The van der Waals surface area contributed by atoms with Crippen molar-refractivity contribution in [2.75, 3.05) is 5.75 Å². The lowest BCUT2D eigenvalue weighted by Crippen LogP contribution is -1.81. The Labute approximate surface area is 121 Å². The minimum absolute atomic E-state index is 0.945. The minimum Gasteiger partial charge on any atom is -0.217 e. The van der Waals surface area contributed by atoms with E-state index >= 15 is 0 Å². The van der Waals surface area contributed by atoms with Crippen molar-refractivity contribution in [3.8, 4) is 11.3 Å². The summed E-state index contributed by atoms with van der Waals surface area (Å²) in [5.41, 5.74) is 2.06. The fourth-order valence-corrected chi connectivity index (χ4v) is 3.87. The molecule has 1 aromatic carbocycles. The first-order chi connectivity index (χ1) is 8.76. The maximum Gasteiger partial charge on any atom is 0.213 e. The van der Waals surface area contributed by atoms with Gasteiger partial charge in [0.2, 0.25) is 4.96 Å². The van der Waals surface area contributed by atoms with Crippen LogP contribution in [0.1, 0.15) is 6.92 Å². The molecular weight excluding hydrogens is 330 g/mol. The van der Waals surface area contributed by atoms with Crippen molar-refractivity contribution < 1.29 is 0 Å². The van der Waals surface area contributed by atoms with Gasteiger partial charge in [0.05, 0.1) is 11.9 Å². The summed E-state index contributed by atoms with van der Waals surface area (Å²) < 4.78 is 3.99. The molecule has 0 N–H and O–H groups in total. The third-order valence-electron chi connectivity index (χ3n) is 2.41. The average molecular weight is 340 g/mol. The van der Waals surface area contributed by atoms with Gasteiger partial charge in [-0.05, 0) is 17.9 Å². The number of nitrogens with zero attached hydrogens (tertiary/aromatic N) is 3. The molecule has 6 heteroatoms. The molecule has 0 bridgehead atoms. The number of benzene rings is 1. The molecule has 0 aliphatic rings. The predicted molar refractivity (Wildman–Crippen MR) is 80.4 cm³/mol. The number of rotatable bonds is 3. The van der Waals surface area contributed by atoms with Crippen molar-refractivity contribution in [3.05, 3.63) is 34.9 Å². The molecule has 3 aromatic rings. The van der Waals surface area contributed by atoms with Gasteiger partial charge in [0.15, 0.2) is 4.34 Å². The second-order valence-electron chi connectivity index (χ2n) is 3.66. The highest BCUT2D eigenvalue weighted by Gasteiger charge is 2.09. The smallest absolute Gasteiger partial charge is 0.213 e. The molecule has 3 nitrogen and oxygen atoms in total. The summed E-state index contributed by atoms with van der Waals surface area (Å²) in [7, 11) is 0. The molecular formula is C12H10BrN3S2. The highest BCUT2D eigenvalue weighted by atomic mass is 79.9. The van der Waals surface area contributed by atoms with Gasteiger partial charge in [-0.15, -0.1) is 5.10 Å². The molecule has 0 spiro atoms. The van der Waals surface area contributed by atoms with Gasteiger partial charge in [-0.1, -0.05) is 58.1 Å². The van der Waals surface area contributed by atoms with Crippen LogP contribution in [0, 0.1) is 0 Å². The van der Waals surface area contributed by atoms with Gasteiger partial charge in [-0.25, -0.2) is 9.50 Å². The van der Waals surface area contributed by atoms with Crippen LogP contribution in [-0.2, 0) is 0 Å². The number of hydrogen-bond donors (Lipinski definition) is 0. The zero-order valence-electron chi connectivity index (χ0n) is 9.63. The van der Waals surface area contributed by atoms with Crippen molar-refractivity contribution in [3.63, 3.8) is 0 Å². The molecule has 2 heterocycles. The Morgan fingerprint density at radius 3 is 3.06 bits per heavy atom. The number of thioether (sulfide) groups is 1. The van der Waals surface area contributed by atoms with Gasteiger partial charge in [0, 0.05) is 10.0 Å². The molecule has 0 amide bonds. The van der Waals surface area contributed by atoms with E-state index in [4.69, 9.17) is 0 Å². The zero-order valence-corrected chi connectivity index (χ0v) is 12.8. The number of fused-ring (bicyclic) bond motifs is 1. The van der Waals surface area contributed by atoms with Crippen LogP contribution in [0.4, 0.5) is 0 Å². The summed E-state index contributed by atoms with van der Waals surface area (Å²) in [5.74, 6) is 1.04. The molecule has 3 rings (SSSR count). The van der Waals surface area contributed by atoms with Crippen molar-refractivity contribution in [2.24, 2.45) is 0 Å². The lowest BCUT2D eigenvalue weighted by Gasteiger charge is -1.96. The second-order valence-corrected chi connectivity index (χ2v) is 7.05. The third kappa shape index (κ3) is 2.32. The largest absolute Gasteiger partial charge is 0.217 e. The first-order valence-electron chi connectivity index (χ1n) is 5.51. The van der Waals surface area contributed by atoms with Gasteiger partial charge >= 0.3 is 0 Å². The number of aromatic nitrogens is 3. The predicted octanol–water partition coefficient (Wildman–Crippen LogP) is 4.33. The Morgan fingerprint density at radius 1 is 1.44 bits per heavy atom. The Kier molecular flexibility index (Phi) is 3.41. The summed E-state index contributed by atoms with van der Waals surface area (Å²) in [6.07, 6.45) is 1.98. The van der Waals surface area contributed by atoms with Gasteiger partial charge < -0.3 is 0 Å². The number of halogens is 1. The minimum atomic E-state index is 0.945. The molecule has 0 fully saturated rings. The number of imidazole rings is 1. The Hall–Kier alpha value is -0.850. The maximum absolute atomic E-state index is 4.61. The van der Waals surface area contributed by atoms with E-state index in [9.17, 15) is 0 Å². The zero-order chi connectivity index (χ0) is 12.5. The van der Waals surface area contributed by atoms with Crippen LogP contribution >= 0.6 is 39.0 Å². The fraction of sp³-hybridized carbons (Fsp3) is 0.167. The second kappa shape index (κ2) is 5.03. The van der Waals surface area contributed by atoms with Gasteiger partial charge in [-0.3, -0.25) is 0 Å². The van der Waals surface area contributed by atoms with E-state index in [-0.39, 0.29) is 0 Å². The average Bonchev–Trinajstić information content (AvgIpc) is 2.87. The lowest BCUT2D eigenvalue weighted by molar-refractivity contribution is 0.915. The van der Waals surface area contributed by atoms with Crippen LogP contribution in [0.15, 0.2) is 39.3 Å².